The second-order valence-electron chi connectivity index (χ2n) is 4.28. The van der Waals surface area contributed by atoms with Crippen LogP contribution in [0.3, 0.4) is 0 Å². The summed E-state index contributed by atoms with van der Waals surface area (Å²) >= 11 is 11.9. The molecule has 17 heavy (non-hydrogen) atoms. The maximum Gasteiger partial charge on any atom is 0.256 e. The molecule has 1 aliphatic carbocycles. The van der Waals surface area contributed by atoms with E-state index in [-0.39, 0.29) is 11.8 Å². The molecule has 88 valence electrons. The largest absolute Gasteiger partial charge is 0.272 e. The minimum Gasteiger partial charge on any atom is -0.272 e. The Balaban J connectivity index is 2.00. The average molecular weight is 269 g/mol. The van der Waals surface area contributed by atoms with Crippen molar-refractivity contribution in [1.29, 1.82) is 0 Å². The van der Waals surface area contributed by atoms with Crippen molar-refractivity contribution in [3.05, 3.63) is 28.2 Å². The van der Waals surface area contributed by atoms with Crippen molar-refractivity contribution in [3.63, 3.8) is 0 Å². The van der Waals surface area contributed by atoms with Crippen molar-refractivity contribution in [1.82, 2.24) is 0 Å². The summed E-state index contributed by atoms with van der Waals surface area (Å²) in [5.74, 6) is 0.00321. The van der Waals surface area contributed by atoms with E-state index in [1.165, 1.54) is 5.01 Å². The molecule has 2 aliphatic rings. The highest BCUT2D eigenvalue weighted by atomic mass is 35.5. The Kier molecular flexibility index (Phi) is 2.60. The predicted octanol–water partition coefficient (Wildman–Crippen LogP) is 3.50. The lowest BCUT2D eigenvalue weighted by Crippen LogP contribution is -2.25. The monoisotopic (exact) mass is 268 g/mol. The van der Waals surface area contributed by atoms with Gasteiger partial charge in [0.2, 0.25) is 0 Å². The number of carbonyl (C=O) groups excluding carboxylic acids is 1. The van der Waals surface area contributed by atoms with Crippen LogP contribution in [0.25, 0.3) is 0 Å². The third-order valence-electron chi connectivity index (χ3n) is 3.20. The Morgan fingerprint density at radius 1 is 1.35 bits per heavy atom. The molecule has 1 unspecified atom stereocenters. The van der Waals surface area contributed by atoms with Gasteiger partial charge in [-0.2, -0.15) is 10.1 Å². The van der Waals surface area contributed by atoms with E-state index < -0.39 is 0 Å². The van der Waals surface area contributed by atoms with Crippen LogP contribution in [0.2, 0.25) is 10.0 Å². The molecule has 1 atom stereocenters. The molecule has 1 aromatic carbocycles. The number of hydrogen-bond acceptors (Lipinski definition) is 2. The van der Waals surface area contributed by atoms with Gasteiger partial charge in [0.05, 0.1) is 22.3 Å². The van der Waals surface area contributed by atoms with E-state index in [1.54, 1.807) is 18.2 Å². The first-order valence-corrected chi connectivity index (χ1v) is 6.29. The van der Waals surface area contributed by atoms with Crippen LogP contribution in [-0.2, 0) is 4.79 Å². The van der Waals surface area contributed by atoms with Crippen molar-refractivity contribution >= 4 is 40.5 Å². The minimum atomic E-state index is -0.0262. The summed E-state index contributed by atoms with van der Waals surface area (Å²) in [6.07, 6.45) is 2.87. The van der Waals surface area contributed by atoms with E-state index in [4.69, 9.17) is 23.2 Å². The molecule has 3 nitrogen and oxygen atoms in total. The number of anilines is 1. The van der Waals surface area contributed by atoms with Gasteiger partial charge in [-0.15, -0.1) is 0 Å². The van der Waals surface area contributed by atoms with Crippen LogP contribution in [0.1, 0.15) is 19.3 Å². The summed E-state index contributed by atoms with van der Waals surface area (Å²) < 4.78 is 0. The number of halogens is 2. The van der Waals surface area contributed by atoms with E-state index >= 15 is 0 Å². The lowest BCUT2D eigenvalue weighted by atomic mass is 10.1. The van der Waals surface area contributed by atoms with Gasteiger partial charge in [0, 0.05) is 5.02 Å². The van der Waals surface area contributed by atoms with Gasteiger partial charge in [-0.05, 0) is 37.5 Å². The number of amides is 1. The SMILES string of the molecule is O=C1C2CCCC2=NN1c1ccc(Cl)cc1Cl. The van der Waals surface area contributed by atoms with E-state index in [9.17, 15) is 4.79 Å². The third kappa shape index (κ3) is 1.74. The van der Waals surface area contributed by atoms with Gasteiger partial charge in [-0.3, -0.25) is 4.79 Å². The maximum absolute atomic E-state index is 12.1. The fourth-order valence-electron chi connectivity index (χ4n) is 2.36. The first kappa shape index (κ1) is 11.1. The van der Waals surface area contributed by atoms with Gasteiger partial charge in [0.1, 0.15) is 0 Å². The van der Waals surface area contributed by atoms with Gasteiger partial charge in [0.25, 0.3) is 5.91 Å². The average Bonchev–Trinajstić information content (AvgIpc) is 2.83. The lowest BCUT2D eigenvalue weighted by molar-refractivity contribution is -0.119. The van der Waals surface area contributed by atoms with Gasteiger partial charge in [-0.1, -0.05) is 23.2 Å². The predicted molar refractivity (Wildman–Crippen MR) is 68.7 cm³/mol. The highest BCUT2D eigenvalue weighted by molar-refractivity contribution is 6.37. The molecule has 1 heterocycles. The Labute approximate surface area is 109 Å². The van der Waals surface area contributed by atoms with Gasteiger partial charge < -0.3 is 0 Å². The fourth-order valence-corrected chi connectivity index (χ4v) is 2.85. The molecule has 0 spiro atoms. The van der Waals surface area contributed by atoms with Crippen LogP contribution in [0.15, 0.2) is 23.3 Å². The molecule has 0 bridgehead atoms. The van der Waals surface area contributed by atoms with Crippen LogP contribution in [-0.4, -0.2) is 11.6 Å². The Bertz CT molecular complexity index is 527. The van der Waals surface area contributed by atoms with E-state index in [0.29, 0.717) is 15.7 Å². The molecule has 3 rings (SSSR count). The molecular formula is C12H10Cl2N2O. The van der Waals surface area contributed by atoms with Crippen LogP contribution >= 0.6 is 23.2 Å². The molecule has 1 amide bonds. The molecular weight excluding hydrogens is 259 g/mol. The number of hydrogen-bond donors (Lipinski definition) is 0. The van der Waals surface area contributed by atoms with Gasteiger partial charge in [0.15, 0.2) is 0 Å². The number of benzene rings is 1. The standard InChI is InChI=1S/C12H10Cl2N2O/c13-7-4-5-11(9(14)6-7)16-12(17)8-2-1-3-10(8)15-16/h4-6,8H,1-3H2. The molecule has 1 saturated carbocycles. The highest BCUT2D eigenvalue weighted by Crippen LogP contribution is 2.36. The first-order chi connectivity index (χ1) is 8.16. The quantitative estimate of drug-likeness (QED) is 0.768. The molecule has 1 aliphatic heterocycles. The van der Waals surface area contributed by atoms with Crippen molar-refractivity contribution in [2.75, 3.05) is 5.01 Å². The summed E-state index contributed by atoms with van der Waals surface area (Å²) in [6, 6.07) is 5.07. The Morgan fingerprint density at radius 2 is 2.18 bits per heavy atom. The normalized spacial score (nSPS) is 22.9. The summed E-state index contributed by atoms with van der Waals surface area (Å²) in [5, 5.41) is 6.79. The van der Waals surface area contributed by atoms with Crippen LogP contribution in [0, 0.1) is 5.92 Å². The highest BCUT2D eigenvalue weighted by Gasteiger charge is 2.39. The van der Waals surface area contributed by atoms with Crippen molar-refractivity contribution in [2.24, 2.45) is 11.0 Å². The first-order valence-electron chi connectivity index (χ1n) is 5.53. The second kappa shape index (κ2) is 4.00. The third-order valence-corrected chi connectivity index (χ3v) is 3.74. The zero-order chi connectivity index (χ0) is 12.0. The van der Waals surface area contributed by atoms with Crippen molar-refractivity contribution in [3.8, 4) is 0 Å². The summed E-state index contributed by atoms with van der Waals surface area (Å²) in [7, 11) is 0. The number of hydrazone groups is 1. The van der Waals surface area contributed by atoms with Crippen LogP contribution in [0.4, 0.5) is 5.69 Å². The van der Waals surface area contributed by atoms with Crippen LogP contribution < -0.4 is 5.01 Å². The number of rotatable bonds is 1. The lowest BCUT2D eigenvalue weighted by Gasteiger charge is -2.15. The molecule has 0 saturated heterocycles. The smallest absolute Gasteiger partial charge is 0.256 e. The fraction of sp³-hybridized carbons (Fsp3) is 0.333. The van der Waals surface area contributed by atoms with E-state index in [2.05, 4.69) is 5.10 Å². The topological polar surface area (TPSA) is 32.7 Å². The molecule has 0 N–H and O–H groups in total. The summed E-state index contributed by atoms with van der Waals surface area (Å²) in [5.41, 5.74) is 1.60. The van der Waals surface area contributed by atoms with Crippen molar-refractivity contribution < 1.29 is 4.79 Å². The van der Waals surface area contributed by atoms with Crippen LogP contribution in [0.5, 0.6) is 0 Å². The maximum atomic E-state index is 12.1. The zero-order valence-corrected chi connectivity index (χ0v) is 10.5. The second-order valence-corrected chi connectivity index (χ2v) is 5.13. The van der Waals surface area contributed by atoms with E-state index in [1.807, 2.05) is 0 Å². The van der Waals surface area contributed by atoms with Crippen molar-refractivity contribution in [2.45, 2.75) is 19.3 Å². The summed E-state index contributed by atoms with van der Waals surface area (Å²) in [4.78, 5) is 12.1. The molecule has 0 aromatic heterocycles. The van der Waals surface area contributed by atoms with E-state index in [0.717, 1.165) is 25.0 Å². The Morgan fingerprint density at radius 3 is 2.88 bits per heavy atom. The molecule has 0 radical (unpaired) electrons. The van der Waals surface area contributed by atoms with Gasteiger partial charge >= 0.3 is 0 Å². The molecule has 1 aromatic rings. The number of fused-ring (bicyclic) bond motifs is 1. The number of carbonyl (C=O) groups is 1. The zero-order valence-electron chi connectivity index (χ0n) is 8.99. The molecule has 5 heteroatoms. The van der Waals surface area contributed by atoms with Gasteiger partial charge in [-0.25, -0.2) is 0 Å². The summed E-state index contributed by atoms with van der Waals surface area (Å²) in [6.45, 7) is 0. The molecule has 1 fully saturated rings. The Hall–Kier alpha value is -1.06. The number of nitrogens with zero attached hydrogens (tertiary/aromatic N) is 2. The minimum absolute atomic E-state index is 0.0262.